The Bertz CT molecular complexity index is 340. The zero-order valence-electron chi connectivity index (χ0n) is 9.81. The summed E-state index contributed by atoms with van der Waals surface area (Å²) in [6, 6.07) is 6.13. The Hall–Kier alpha value is 0.470. The van der Waals surface area contributed by atoms with Crippen molar-refractivity contribution < 1.29 is 0 Å². The van der Waals surface area contributed by atoms with Crippen LogP contribution in [0.25, 0.3) is 0 Å². The SMILES string of the molecule is CC(C)C(Cc1ccc(Br)cc1Cl)C(C)Br. The van der Waals surface area contributed by atoms with Gasteiger partial charge in [-0.3, -0.25) is 0 Å². The summed E-state index contributed by atoms with van der Waals surface area (Å²) in [6.07, 6.45) is 1.02. The molecule has 0 amide bonds. The highest BCUT2D eigenvalue weighted by Crippen LogP contribution is 2.29. The van der Waals surface area contributed by atoms with Crippen molar-refractivity contribution in [2.24, 2.45) is 11.8 Å². The molecule has 0 nitrogen and oxygen atoms in total. The van der Waals surface area contributed by atoms with E-state index in [0.717, 1.165) is 15.9 Å². The van der Waals surface area contributed by atoms with Crippen molar-refractivity contribution >= 4 is 43.5 Å². The van der Waals surface area contributed by atoms with Gasteiger partial charge in [-0.15, -0.1) is 0 Å². The Morgan fingerprint density at radius 2 is 1.88 bits per heavy atom. The quantitative estimate of drug-likeness (QED) is 0.598. The van der Waals surface area contributed by atoms with Gasteiger partial charge >= 0.3 is 0 Å². The Morgan fingerprint density at radius 1 is 1.25 bits per heavy atom. The summed E-state index contributed by atoms with van der Waals surface area (Å²) >= 11 is 13.3. The van der Waals surface area contributed by atoms with Gasteiger partial charge < -0.3 is 0 Å². The molecule has 0 aliphatic carbocycles. The fourth-order valence-corrected chi connectivity index (χ4v) is 3.42. The summed E-state index contributed by atoms with van der Waals surface area (Å²) in [4.78, 5) is 0.507. The molecule has 0 heterocycles. The van der Waals surface area contributed by atoms with Gasteiger partial charge in [0.25, 0.3) is 0 Å². The van der Waals surface area contributed by atoms with Gasteiger partial charge in [0.2, 0.25) is 0 Å². The third-order valence-corrected chi connectivity index (χ3v) is 4.44. The lowest BCUT2D eigenvalue weighted by Crippen LogP contribution is -2.20. The Balaban J connectivity index is 2.85. The molecule has 0 aliphatic heterocycles. The molecule has 0 saturated heterocycles. The van der Waals surface area contributed by atoms with Gasteiger partial charge in [0, 0.05) is 14.3 Å². The van der Waals surface area contributed by atoms with E-state index in [2.05, 4.69) is 64.8 Å². The van der Waals surface area contributed by atoms with Crippen molar-refractivity contribution in [3.63, 3.8) is 0 Å². The molecule has 0 N–H and O–H groups in total. The van der Waals surface area contributed by atoms with Crippen molar-refractivity contribution in [2.75, 3.05) is 0 Å². The molecule has 0 aliphatic rings. The summed E-state index contributed by atoms with van der Waals surface area (Å²) in [5.74, 6) is 1.26. The minimum Gasteiger partial charge on any atom is -0.0890 e. The molecule has 0 aromatic heterocycles. The number of alkyl halides is 1. The third kappa shape index (κ3) is 4.05. The molecule has 0 fully saturated rings. The first-order chi connectivity index (χ1) is 7.41. The van der Waals surface area contributed by atoms with Crippen LogP contribution in [0.15, 0.2) is 22.7 Å². The highest BCUT2D eigenvalue weighted by molar-refractivity contribution is 9.10. The number of rotatable bonds is 4. The summed E-state index contributed by atoms with van der Waals surface area (Å²) in [5, 5.41) is 0.855. The number of halogens is 3. The Labute approximate surface area is 120 Å². The topological polar surface area (TPSA) is 0 Å². The number of hydrogen-bond donors (Lipinski definition) is 0. The first kappa shape index (κ1) is 14.5. The van der Waals surface area contributed by atoms with Crippen LogP contribution in [0.3, 0.4) is 0 Å². The van der Waals surface area contributed by atoms with Crippen LogP contribution in [0.5, 0.6) is 0 Å². The van der Waals surface area contributed by atoms with E-state index in [1.54, 1.807) is 0 Å². The molecule has 1 rings (SSSR count). The zero-order valence-corrected chi connectivity index (χ0v) is 13.7. The molecule has 1 aromatic rings. The van der Waals surface area contributed by atoms with Gasteiger partial charge in [-0.2, -0.15) is 0 Å². The first-order valence-electron chi connectivity index (χ1n) is 5.49. The van der Waals surface area contributed by atoms with E-state index < -0.39 is 0 Å². The summed E-state index contributed by atoms with van der Waals surface area (Å²) < 4.78 is 1.04. The van der Waals surface area contributed by atoms with Crippen molar-refractivity contribution in [2.45, 2.75) is 32.0 Å². The fourth-order valence-electron chi connectivity index (χ4n) is 1.87. The van der Waals surface area contributed by atoms with E-state index in [4.69, 9.17) is 11.6 Å². The van der Waals surface area contributed by atoms with Crippen LogP contribution in [0.4, 0.5) is 0 Å². The first-order valence-corrected chi connectivity index (χ1v) is 7.58. The molecular formula is C13H17Br2Cl. The molecule has 16 heavy (non-hydrogen) atoms. The van der Waals surface area contributed by atoms with Gasteiger partial charge in [-0.05, 0) is 36.0 Å². The van der Waals surface area contributed by atoms with Crippen LogP contribution < -0.4 is 0 Å². The standard InChI is InChI=1S/C13H17Br2Cl/c1-8(2)12(9(3)14)6-10-4-5-11(15)7-13(10)16/h4-5,7-9,12H,6H2,1-3H3. The van der Waals surface area contributed by atoms with E-state index in [1.807, 2.05) is 6.07 Å². The second-order valence-corrected chi connectivity index (χ2v) is 7.29. The second kappa shape index (κ2) is 6.42. The smallest absolute Gasteiger partial charge is 0.0449 e. The van der Waals surface area contributed by atoms with Crippen LogP contribution in [0, 0.1) is 11.8 Å². The predicted octanol–water partition coefficient (Wildman–Crippen LogP) is 5.70. The number of hydrogen-bond acceptors (Lipinski definition) is 0. The Morgan fingerprint density at radius 3 is 2.31 bits per heavy atom. The molecule has 0 radical (unpaired) electrons. The maximum absolute atomic E-state index is 6.24. The summed E-state index contributed by atoms with van der Waals surface area (Å²) in [5.41, 5.74) is 1.23. The van der Waals surface area contributed by atoms with Crippen LogP contribution >= 0.6 is 43.5 Å². The maximum Gasteiger partial charge on any atom is 0.0449 e. The highest BCUT2D eigenvalue weighted by atomic mass is 79.9. The normalized spacial score (nSPS) is 15.2. The van der Waals surface area contributed by atoms with E-state index in [0.29, 0.717) is 16.7 Å². The summed E-state index contributed by atoms with van der Waals surface area (Å²) in [6.45, 7) is 6.72. The lowest BCUT2D eigenvalue weighted by atomic mass is 9.87. The van der Waals surface area contributed by atoms with E-state index in [9.17, 15) is 0 Å². The molecule has 90 valence electrons. The van der Waals surface area contributed by atoms with Gasteiger partial charge in [-0.1, -0.05) is 70.3 Å². The predicted molar refractivity (Wildman–Crippen MR) is 79.6 cm³/mol. The molecule has 0 spiro atoms. The average molecular weight is 369 g/mol. The minimum absolute atomic E-state index is 0.507. The largest absolute Gasteiger partial charge is 0.0890 e. The van der Waals surface area contributed by atoms with Crippen LogP contribution in [0.2, 0.25) is 5.02 Å². The Kier molecular flexibility index (Phi) is 5.83. The van der Waals surface area contributed by atoms with Crippen LogP contribution in [-0.2, 0) is 6.42 Å². The lowest BCUT2D eigenvalue weighted by molar-refractivity contribution is 0.384. The van der Waals surface area contributed by atoms with Crippen LogP contribution in [0.1, 0.15) is 26.3 Å². The molecular weight excluding hydrogens is 351 g/mol. The molecule has 2 unspecified atom stereocenters. The number of benzene rings is 1. The monoisotopic (exact) mass is 366 g/mol. The molecule has 1 aromatic carbocycles. The zero-order chi connectivity index (χ0) is 12.3. The average Bonchev–Trinajstić information content (AvgIpc) is 2.15. The van der Waals surface area contributed by atoms with Crippen molar-refractivity contribution in [1.29, 1.82) is 0 Å². The van der Waals surface area contributed by atoms with Gasteiger partial charge in [0.15, 0.2) is 0 Å². The molecule has 0 bridgehead atoms. The molecule has 0 saturated carbocycles. The highest BCUT2D eigenvalue weighted by Gasteiger charge is 2.20. The van der Waals surface area contributed by atoms with Crippen molar-refractivity contribution in [3.05, 3.63) is 33.3 Å². The summed E-state index contributed by atoms with van der Waals surface area (Å²) in [7, 11) is 0. The van der Waals surface area contributed by atoms with E-state index >= 15 is 0 Å². The van der Waals surface area contributed by atoms with Gasteiger partial charge in [-0.25, -0.2) is 0 Å². The molecule has 3 heteroatoms. The fraction of sp³-hybridized carbons (Fsp3) is 0.538. The van der Waals surface area contributed by atoms with E-state index in [-0.39, 0.29) is 0 Å². The van der Waals surface area contributed by atoms with Gasteiger partial charge in [0.05, 0.1) is 0 Å². The van der Waals surface area contributed by atoms with Crippen LogP contribution in [-0.4, -0.2) is 4.83 Å². The lowest BCUT2D eigenvalue weighted by Gasteiger charge is -2.24. The van der Waals surface area contributed by atoms with Gasteiger partial charge in [0.1, 0.15) is 0 Å². The maximum atomic E-state index is 6.24. The van der Waals surface area contributed by atoms with Crippen molar-refractivity contribution in [1.82, 2.24) is 0 Å². The second-order valence-electron chi connectivity index (χ2n) is 4.53. The van der Waals surface area contributed by atoms with Crippen molar-refractivity contribution in [3.8, 4) is 0 Å². The molecule has 2 atom stereocenters. The third-order valence-electron chi connectivity index (χ3n) is 2.92. The minimum atomic E-state index is 0.507. The van der Waals surface area contributed by atoms with E-state index in [1.165, 1.54) is 5.56 Å².